The molecule has 2 aromatic heterocycles. The van der Waals surface area contributed by atoms with Crippen LogP contribution in [0.3, 0.4) is 0 Å². The lowest BCUT2D eigenvalue weighted by molar-refractivity contribution is -0.192. The van der Waals surface area contributed by atoms with Crippen LogP contribution >= 0.6 is 0 Å². The van der Waals surface area contributed by atoms with Crippen LogP contribution in [0.4, 0.5) is 23.2 Å². The third-order valence-corrected chi connectivity index (χ3v) is 6.12. The van der Waals surface area contributed by atoms with Gasteiger partial charge in [0, 0.05) is 37.7 Å². The molecule has 5 rings (SSSR count). The van der Waals surface area contributed by atoms with E-state index in [0.717, 1.165) is 56.3 Å². The number of ether oxygens (including phenoxy) is 1. The average molecular weight is 523 g/mol. The molecule has 3 aromatic rings. The molecule has 1 aromatic carbocycles. The van der Waals surface area contributed by atoms with Gasteiger partial charge in [-0.05, 0) is 49.2 Å². The molecular weight excluding hydrogens is 498 g/mol. The number of carbonyl (C=O) groups excluding carboxylic acids is 1. The standard InChI is InChI=1S/C22H24FN5O2.C2HF3O2/c23-18-5-3-16(4-6-18)22(29)27-9-1-2-17(14-27)21-24-20-8-7-19(15-28(20)25-21)26-10-12-30-13-11-26;3-2(4,5)1(6)7/h3-8,15,17H,1-2,9-14H2;(H,6,7). The lowest BCUT2D eigenvalue weighted by Gasteiger charge is -2.31. The zero-order chi connectivity index (χ0) is 26.6. The summed E-state index contributed by atoms with van der Waals surface area (Å²) in [6.45, 7) is 4.48. The SMILES string of the molecule is O=C(O)C(F)(F)F.O=C(c1ccc(F)cc1)N1CCCC(c2nc3ccc(N4CCOCC4)cn3n2)C1. The fourth-order valence-electron chi connectivity index (χ4n) is 4.22. The minimum absolute atomic E-state index is 0.0712. The van der Waals surface area contributed by atoms with Gasteiger partial charge in [0.15, 0.2) is 11.5 Å². The number of halogens is 4. The van der Waals surface area contributed by atoms with Crippen molar-refractivity contribution in [1.29, 1.82) is 0 Å². The van der Waals surface area contributed by atoms with Crippen molar-refractivity contribution in [2.75, 3.05) is 44.3 Å². The molecule has 2 aliphatic rings. The van der Waals surface area contributed by atoms with Crippen LogP contribution in [-0.2, 0) is 9.53 Å². The molecule has 2 aliphatic heterocycles. The zero-order valence-electron chi connectivity index (χ0n) is 19.7. The van der Waals surface area contributed by atoms with E-state index in [1.165, 1.54) is 24.3 Å². The molecule has 0 spiro atoms. The van der Waals surface area contributed by atoms with Gasteiger partial charge in [0.25, 0.3) is 5.91 Å². The number of benzene rings is 1. The van der Waals surface area contributed by atoms with E-state index in [1.807, 2.05) is 21.7 Å². The van der Waals surface area contributed by atoms with Crippen molar-refractivity contribution in [2.45, 2.75) is 24.9 Å². The summed E-state index contributed by atoms with van der Waals surface area (Å²) in [6.07, 6.45) is -1.23. The summed E-state index contributed by atoms with van der Waals surface area (Å²) in [5.74, 6) is -2.31. The number of aromatic nitrogens is 3. The maximum atomic E-state index is 13.2. The Morgan fingerprint density at radius 1 is 1.03 bits per heavy atom. The zero-order valence-corrected chi connectivity index (χ0v) is 19.7. The van der Waals surface area contributed by atoms with E-state index in [2.05, 4.69) is 11.0 Å². The normalized spacial score (nSPS) is 18.3. The van der Waals surface area contributed by atoms with Crippen LogP contribution in [0, 0.1) is 5.82 Å². The molecule has 2 fully saturated rings. The van der Waals surface area contributed by atoms with Gasteiger partial charge in [-0.1, -0.05) is 0 Å². The number of aliphatic carboxylic acids is 1. The van der Waals surface area contributed by atoms with E-state index < -0.39 is 12.1 Å². The number of morpholine rings is 1. The van der Waals surface area contributed by atoms with Crippen LogP contribution in [0.2, 0.25) is 0 Å². The fraction of sp³-hybridized carbons (Fsp3) is 0.417. The first kappa shape index (κ1) is 26.3. The summed E-state index contributed by atoms with van der Waals surface area (Å²) in [6, 6.07) is 9.79. The van der Waals surface area contributed by atoms with Crippen molar-refractivity contribution in [3.63, 3.8) is 0 Å². The number of anilines is 1. The number of hydrogen-bond donors (Lipinski definition) is 1. The van der Waals surface area contributed by atoms with Crippen molar-refractivity contribution in [1.82, 2.24) is 19.5 Å². The highest BCUT2D eigenvalue weighted by molar-refractivity contribution is 5.94. The number of pyridine rings is 1. The number of carbonyl (C=O) groups is 2. The number of likely N-dealkylation sites (tertiary alicyclic amines) is 1. The molecule has 198 valence electrons. The lowest BCUT2D eigenvalue weighted by atomic mass is 9.96. The number of rotatable bonds is 3. The number of carboxylic acid groups (broad SMARTS) is 1. The molecule has 9 nitrogen and oxygen atoms in total. The first-order valence-electron chi connectivity index (χ1n) is 11.7. The summed E-state index contributed by atoms with van der Waals surface area (Å²) in [5.41, 5.74) is 2.43. The molecule has 4 heterocycles. The molecule has 0 saturated carbocycles. The highest BCUT2D eigenvalue weighted by Gasteiger charge is 2.38. The predicted molar refractivity (Wildman–Crippen MR) is 124 cm³/mol. The summed E-state index contributed by atoms with van der Waals surface area (Å²) >= 11 is 0. The van der Waals surface area contributed by atoms with E-state index in [-0.39, 0.29) is 17.6 Å². The van der Waals surface area contributed by atoms with Gasteiger partial charge in [-0.2, -0.15) is 18.3 Å². The van der Waals surface area contributed by atoms with Crippen molar-refractivity contribution in [3.8, 4) is 0 Å². The Morgan fingerprint density at radius 2 is 1.70 bits per heavy atom. The number of amides is 1. The maximum Gasteiger partial charge on any atom is 0.490 e. The Labute approximate surface area is 209 Å². The van der Waals surface area contributed by atoms with Gasteiger partial charge in [-0.25, -0.2) is 18.7 Å². The van der Waals surface area contributed by atoms with Crippen molar-refractivity contribution >= 4 is 23.2 Å². The summed E-state index contributed by atoms with van der Waals surface area (Å²) < 4.78 is 52.2. The smallest absolute Gasteiger partial charge is 0.475 e. The van der Waals surface area contributed by atoms with Crippen LogP contribution in [0.15, 0.2) is 42.6 Å². The van der Waals surface area contributed by atoms with Gasteiger partial charge in [0.1, 0.15) is 5.82 Å². The highest BCUT2D eigenvalue weighted by atomic mass is 19.4. The van der Waals surface area contributed by atoms with Crippen LogP contribution in [-0.4, -0.2) is 82.1 Å². The van der Waals surface area contributed by atoms with E-state index in [4.69, 9.17) is 24.7 Å². The molecule has 13 heteroatoms. The third kappa shape index (κ3) is 6.53. The molecule has 0 radical (unpaired) electrons. The van der Waals surface area contributed by atoms with Gasteiger partial charge < -0.3 is 19.6 Å². The van der Waals surface area contributed by atoms with E-state index in [9.17, 15) is 22.4 Å². The van der Waals surface area contributed by atoms with Gasteiger partial charge >= 0.3 is 12.1 Å². The minimum Gasteiger partial charge on any atom is -0.475 e. The van der Waals surface area contributed by atoms with Crippen molar-refractivity contribution < 1.29 is 37.0 Å². The monoisotopic (exact) mass is 523 g/mol. The average Bonchev–Trinajstić information content (AvgIpc) is 3.33. The Balaban J connectivity index is 0.000000405. The van der Waals surface area contributed by atoms with Crippen LogP contribution in [0.5, 0.6) is 0 Å². The number of nitrogens with zero attached hydrogens (tertiary/aromatic N) is 5. The quantitative estimate of drug-likeness (QED) is 0.526. The first-order valence-corrected chi connectivity index (χ1v) is 11.7. The number of hydrogen-bond acceptors (Lipinski definition) is 6. The largest absolute Gasteiger partial charge is 0.490 e. The molecular formula is C24H25F4N5O4. The topological polar surface area (TPSA) is 100 Å². The minimum atomic E-state index is -5.08. The molecule has 1 unspecified atom stereocenters. The second-order valence-electron chi connectivity index (χ2n) is 8.66. The van der Waals surface area contributed by atoms with E-state index in [0.29, 0.717) is 18.7 Å². The molecule has 1 atom stereocenters. The summed E-state index contributed by atoms with van der Waals surface area (Å²) in [7, 11) is 0. The van der Waals surface area contributed by atoms with Crippen LogP contribution in [0.1, 0.15) is 34.9 Å². The van der Waals surface area contributed by atoms with E-state index in [1.54, 1.807) is 0 Å². The molecule has 2 saturated heterocycles. The number of alkyl halides is 3. The first-order chi connectivity index (χ1) is 17.6. The van der Waals surface area contributed by atoms with Crippen molar-refractivity contribution in [3.05, 3.63) is 59.8 Å². The van der Waals surface area contributed by atoms with E-state index >= 15 is 0 Å². The second-order valence-corrected chi connectivity index (χ2v) is 8.66. The number of fused-ring (bicyclic) bond motifs is 1. The van der Waals surface area contributed by atoms with Crippen molar-refractivity contribution in [2.24, 2.45) is 0 Å². The summed E-state index contributed by atoms with van der Waals surface area (Å²) in [5, 5.41) is 11.9. The molecule has 1 amide bonds. The molecule has 37 heavy (non-hydrogen) atoms. The summed E-state index contributed by atoms with van der Waals surface area (Å²) in [4.78, 5) is 30.6. The Hall–Kier alpha value is -3.74. The third-order valence-electron chi connectivity index (χ3n) is 6.12. The molecule has 1 N–H and O–H groups in total. The van der Waals surface area contributed by atoms with Gasteiger partial charge in [0.2, 0.25) is 0 Å². The maximum absolute atomic E-state index is 13.2. The molecule has 0 bridgehead atoms. The molecule has 0 aliphatic carbocycles. The Kier molecular flexibility index (Phi) is 7.91. The number of carboxylic acids is 1. The Bertz CT molecular complexity index is 1240. The number of piperidine rings is 1. The van der Waals surface area contributed by atoms with Gasteiger partial charge in [0.05, 0.1) is 25.1 Å². The predicted octanol–water partition coefficient (Wildman–Crippen LogP) is 3.36. The Morgan fingerprint density at radius 3 is 2.35 bits per heavy atom. The second kappa shape index (κ2) is 11.1. The fourth-order valence-corrected chi connectivity index (χ4v) is 4.22. The van der Waals surface area contributed by atoms with Gasteiger partial charge in [-0.3, -0.25) is 4.79 Å². The van der Waals surface area contributed by atoms with Crippen LogP contribution < -0.4 is 4.90 Å². The highest BCUT2D eigenvalue weighted by Crippen LogP contribution is 2.27. The van der Waals surface area contributed by atoms with Gasteiger partial charge in [-0.15, -0.1) is 0 Å². The van der Waals surface area contributed by atoms with Crippen LogP contribution in [0.25, 0.3) is 5.65 Å². The lowest BCUT2D eigenvalue weighted by Crippen LogP contribution is -2.39.